The lowest BCUT2D eigenvalue weighted by molar-refractivity contribution is -0.192. The molecule has 1 fully saturated rings. The van der Waals surface area contributed by atoms with Gasteiger partial charge in [-0.2, -0.15) is 13.2 Å². The van der Waals surface area contributed by atoms with Gasteiger partial charge in [0, 0.05) is 44.1 Å². The Hall–Kier alpha value is -1.97. The number of carboxylic acids is 1. The lowest BCUT2D eigenvalue weighted by atomic mass is 10.1. The van der Waals surface area contributed by atoms with E-state index >= 15 is 0 Å². The molecule has 1 saturated heterocycles. The van der Waals surface area contributed by atoms with Crippen LogP contribution in [0.1, 0.15) is 10.4 Å². The summed E-state index contributed by atoms with van der Waals surface area (Å²) in [6, 6.07) is 11.3. The highest BCUT2D eigenvalue weighted by atomic mass is 32.1. The van der Waals surface area contributed by atoms with E-state index in [2.05, 4.69) is 27.3 Å². The summed E-state index contributed by atoms with van der Waals surface area (Å²) in [6.45, 7) is 6.58. The van der Waals surface area contributed by atoms with E-state index < -0.39 is 12.1 Å². The quantitative estimate of drug-likeness (QED) is 0.749. The first-order valence-corrected chi connectivity index (χ1v) is 9.63. The second-order valence-corrected chi connectivity index (χ2v) is 7.41. The standard InChI is InChI=1S/C17H21FN2S.C2HF3O2/c18-16-4-1-3-15(13-16)6-7-19-8-10-20(11-9-19)14-17-5-2-12-21-17;3-2(4,5)1(6)7/h1-5,12-13H,6-11,14H2;(H,6,7). The largest absolute Gasteiger partial charge is 0.490 e. The van der Waals surface area contributed by atoms with Crippen molar-refractivity contribution < 1.29 is 27.5 Å². The summed E-state index contributed by atoms with van der Waals surface area (Å²) in [5.41, 5.74) is 1.09. The van der Waals surface area contributed by atoms with Crippen molar-refractivity contribution >= 4 is 17.3 Å². The number of carboxylic acid groups (broad SMARTS) is 1. The van der Waals surface area contributed by atoms with Crippen molar-refractivity contribution in [2.75, 3.05) is 32.7 Å². The van der Waals surface area contributed by atoms with Crippen molar-refractivity contribution in [1.82, 2.24) is 9.80 Å². The topological polar surface area (TPSA) is 43.8 Å². The van der Waals surface area contributed by atoms with Gasteiger partial charge < -0.3 is 10.0 Å². The Morgan fingerprint density at radius 2 is 1.71 bits per heavy atom. The fraction of sp³-hybridized carbons (Fsp3) is 0.421. The first-order valence-electron chi connectivity index (χ1n) is 8.75. The van der Waals surface area contributed by atoms with Gasteiger partial charge in [-0.25, -0.2) is 9.18 Å². The monoisotopic (exact) mass is 418 g/mol. The molecule has 0 bridgehead atoms. The molecule has 154 valence electrons. The molecule has 0 saturated carbocycles. The summed E-state index contributed by atoms with van der Waals surface area (Å²) < 4.78 is 44.9. The third-order valence-corrected chi connectivity index (χ3v) is 5.13. The van der Waals surface area contributed by atoms with E-state index in [0.717, 1.165) is 51.3 Å². The lowest BCUT2D eigenvalue weighted by Crippen LogP contribution is -2.46. The Morgan fingerprint density at radius 3 is 2.25 bits per heavy atom. The number of aliphatic carboxylic acids is 1. The Morgan fingerprint density at radius 1 is 1.07 bits per heavy atom. The SMILES string of the molecule is Fc1cccc(CCN2CCN(Cc3cccs3)CC2)c1.O=C(O)C(F)(F)F. The average molecular weight is 418 g/mol. The first kappa shape index (κ1) is 22.3. The van der Waals surface area contributed by atoms with Crippen molar-refractivity contribution in [2.45, 2.75) is 19.1 Å². The average Bonchev–Trinajstić information content (AvgIpc) is 3.14. The molecule has 1 N–H and O–H groups in total. The molecule has 0 amide bonds. The molecular formula is C19H22F4N2O2S. The Labute approximate surface area is 165 Å². The zero-order chi connectivity index (χ0) is 20.6. The van der Waals surface area contributed by atoms with E-state index in [1.54, 1.807) is 12.1 Å². The second-order valence-electron chi connectivity index (χ2n) is 6.38. The molecule has 0 radical (unpaired) electrons. The first-order chi connectivity index (χ1) is 13.2. The number of thiophene rings is 1. The highest BCUT2D eigenvalue weighted by Gasteiger charge is 2.38. The van der Waals surface area contributed by atoms with Crippen LogP contribution in [0.2, 0.25) is 0 Å². The number of piperazine rings is 1. The van der Waals surface area contributed by atoms with Gasteiger partial charge in [0.05, 0.1) is 0 Å². The number of halogens is 4. The van der Waals surface area contributed by atoms with Crippen LogP contribution in [-0.2, 0) is 17.8 Å². The number of nitrogens with zero attached hydrogens (tertiary/aromatic N) is 2. The van der Waals surface area contributed by atoms with Gasteiger partial charge in [0.25, 0.3) is 0 Å². The summed E-state index contributed by atoms with van der Waals surface area (Å²) in [5, 5.41) is 9.27. The van der Waals surface area contributed by atoms with Crippen molar-refractivity contribution in [3.05, 3.63) is 58.0 Å². The number of hydrogen-bond acceptors (Lipinski definition) is 4. The molecule has 0 atom stereocenters. The van der Waals surface area contributed by atoms with Gasteiger partial charge >= 0.3 is 12.1 Å². The van der Waals surface area contributed by atoms with Crippen LogP contribution in [0.25, 0.3) is 0 Å². The van der Waals surface area contributed by atoms with Crippen molar-refractivity contribution in [3.8, 4) is 0 Å². The molecule has 0 spiro atoms. The molecular weight excluding hydrogens is 396 g/mol. The maximum Gasteiger partial charge on any atom is 0.490 e. The predicted octanol–water partition coefficient (Wildman–Crippen LogP) is 3.88. The molecule has 1 aliphatic rings. The summed E-state index contributed by atoms with van der Waals surface area (Å²) in [6.07, 6.45) is -4.15. The number of alkyl halides is 3. The van der Waals surface area contributed by atoms with E-state index in [1.165, 1.54) is 10.9 Å². The van der Waals surface area contributed by atoms with Crippen molar-refractivity contribution in [2.24, 2.45) is 0 Å². The lowest BCUT2D eigenvalue weighted by Gasteiger charge is -2.34. The third-order valence-electron chi connectivity index (χ3n) is 4.27. The molecule has 1 aromatic carbocycles. The van der Waals surface area contributed by atoms with Crippen LogP contribution in [0.5, 0.6) is 0 Å². The minimum absolute atomic E-state index is 0.131. The van der Waals surface area contributed by atoms with E-state index in [0.29, 0.717) is 0 Å². The molecule has 9 heteroatoms. The summed E-state index contributed by atoms with van der Waals surface area (Å²) in [7, 11) is 0. The molecule has 4 nitrogen and oxygen atoms in total. The Bertz CT molecular complexity index is 730. The molecule has 0 aliphatic carbocycles. The van der Waals surface area contributed by atoms with E-state index in [-0.39, 0.29) is 5.82 Å². The van der Waals surface area contributed by atoms with E-state index in [9.17, 15) is 17.6 Å². The van der Waals surface area contributed by atoms with E-state index in [4.69, 9.17) is 9.90 Å². The fourth-order valence-corrected chi connectivity index (χ4v) is 3.52. The van der Waals surface area contributed by atoms with Crippen LogP contribution in [0.4, 0.5) is 17.6 Å². The molecule has 1 aliphatic heterocycles. The number of hydrogen-bond donors (Lipinski definition) is 1. The molecule has 28 heavy (non-hydrogen) atoms. The molecule has 1 aromatic heterocycles. The number of benzene rings is 1. The normalized spacial score (nSPS) is 15.7. The number of carbonyl (C=O) groups is 1. The van der Waals surface area contributed by atoms with Crippen LogP contribution >= 0.6 is 11.3 Å². The maximum absolute atomic E-state index is 13.1. The van der Waals surface area contributed by atoms with E-state index in [1.807, 2.05) is 17.4 Å². The summed E-state index contributed by atoms with van der Waals surface area (Å²) in [5.74, 6) is -2.89. The summed E-state index contributed by atoms with van der Waals surface area (Å²) in [4.78, 5) is 15.3. The van der Waals surface area contributed by atoms with Crippen LogP contribution < -0.4 is 0 Å². The Kier molecular flexibility index (Phi) is 8.40. The molecule has 2 aromatic rings. The molecule has 0 unspecified atom stereocenters. The van der Waals surface area contributed by atoms with Gasteiger partial charge in [0.1, 0.15) is 5.82 Å². The maximum atomic E-state index is 13.1. The third kappa shape index (κ3) is 7.95. The van der Waals surface area contributed by atoms with Crippen molar-refractivity contribution in [1.29, 1.82) is 0 Å². The smallest absolute Gasteiger partial charge is 0.475 e. The van der Waals surface area contributed by atoms with Crippen LogP contribution in [0.3, 0.4) is 0 Å². The fourth-order valence-electron chi connectivity index (χ4n) is 2.77. The zero-order valence-corrected chi connectivity index (χ0v) is 16.0. The van der Waals surface area contributed by atoms with Crippen LogP contribution in [0.15, 0.2) is 41.8 Å². The minimum Gasteiger partial charge on any atom is -0.475 e. The van der Waals surface area contributed by atoms with Crippen LogP contribution in [-0.4, -0.2) is 59.8 Å². The highest BCUT2D eigenvalue weighted by molar-refractivity contribution is 7.09. The highest BCUT2D eigenvalue weighted by Crippen LogP contribution is 2.14. The van der Waals surface area contributed by atoms with Crippen molar-refractivity contribution in [3.63, 3.8) is 0 Å². The predicted molar refractivity (Wildman–Crippen MR) is 99.8 cm³/mol. The minimum atomic E-state index is -5.08. The number of rotatable bonds is 5. The zero-order valence-electron chi connectivity index (χ0n) is 15.2. The van der Waals surface area contributed by atoms with Gasteiger partial charge in [0.2, 0.25) is 0 Å². The van der Waals surface area contributed by atoms with Gasteiger partial charge in [-0.3, -0.25) is 4.90 Å². The van der Waals surface area contributed by atoms with Gasteiger partial charge in [-0.15, -0.1) is 11.3 Å². The van der Waals surface area contributed by atoms with Crippen LogP contribution in [0, 0.1) is 5.82 Å². The van der Waals surface area contributed by atoms with Gasteiger partial charge in [-0.05, 0) is 35.6 Å². The molecule has 2 heterocycles. The summed E-state index contributed by atoms with van der Waals surface area (Å²) >= 11 is 1.84. The molecule has 3 rings (SSSR count). The van der Waals surface area contributed by atoms with Gasteiger partial charge in [-0.1, -0.05) is 18.2 Å². The van der Waals surface area contributed by atoms with Gasteiger partial charge in [0.15, 0.2) is 0 Å². The second kappa shape index (κ2) is 10.5. The Balaban J connectivity index is 0.000000345.